The average Bonchev–Trinajstić information content (AvgIpc) is 3.43. The number of tetrazole rings is 1. The summed E-state index contributed by atoms with van der Waals surface area (Å²) in [4.78, 5) is 13.0. The Balaban J connectivity index is 1.65. The number of nitrogens with one attached hydrogen (secondary N) is 1. The number of rotatable bonds is 9. The highest BCUT2D eigenvalue weighted by molar-refractivity contribution is 5.80. The molecular formula is C24H28N6O2. The molecule has 0 aliphatic heterocycles. The second kappa shape index (κ2) is 9.64. The number of aromatic amines is 1. The second-order valence-corrected chi connectivity index (χ2v) is 7.87. The van der Waals surface area contributed by atoms with Crippen LogP contribution >= 0.6 is 0 Å². The van der Waals surface area contributed by atoms with Gasteiger partial charge in [-0.25, -0.2) is 4.79 Å². The van der Waals surface area contributed by atoms with Gasteiger partial charge in [0, 0.05) is 12.1 Å². The topological polar surface area (TPSA) is 102 Å². The quantitative estimate of drug-likeness (QED) is 0.416. The predicted molar refractivity (Wildman–Crippen MR) is 123 cm³/mol. The third-order valence-corrected chi connectivity index (χ3v) is 5.63. The van der Waals surface area contributed by atoms with Gasteiger partial charge in [0.05, 0.1) is 12.2 Å². The maximum atomic E-state index is 13.0. The summed E-state index contributed by atoms with van der Waals surface area (Å²) >= 11 is 0. The van der Waals surface area contributed by atoms with Crippen LogP contribution in [0.5, 0.6) is 5.88 Å². The van der Waals surface area contributed by atoms with Crippen LogP contribution < -0.4 is 5.69 Å². The van der Waals surface area contributed by atoms with Crippen LogP contribution in [0.25, 0.3) is 22.5 Å². The number of hydrogen-bond acceptors (Lipinski definition) is 5. The molecular weight excluding hydrogens is 404 g/mol. The minimum atomic E-state index is -0.151. The monoisotopic (exact) mass is 432 g/mol. The first-order valence-corrected chi connectivity index (χ1v) is 11.1. The number of H-pyrrole nitrogens is 1. The highest BCUT2D eigenvalue weighted by Gasteiger charge is 2.19. The fourth-order valence-corrected chi connectivity index (χ4v) is 3.99. The number of imidazole rings is 1. The zero-order chi connectivity index (χ0) is 22.5. The predicted octanol–water partition coefficient (Wildman–Crippen LogP) is 4.00. The molecule has 8 nitrogen and oxygen atoms in total. The molecule has 32 heavy (non-hydrogen) atoms. The summed E-state index contributed by atoms with van der Waals surface area (Å²) in [6, 6.07) is 16.0. The number of aromatic hydroxyl groups is 1. The summed E-state index contributed by atoms with van der Waals surface area (Å²) < 4.78 is 3.20. The Kier molecular flexibility index (Phi) is 6.49. The Labute approximate surface area is 186 Å². The van der Waals surface area contributed by atoms with Crippen molar-refractivity contribution in [2.45, 2.75) is 52.6 Å². The van der Waals surface area contributed by atoms with Gasteiger partial charge in [-0.1, -0.05) is 68.8 Å². The lowest BCUT2D eigenvalue weighted by Gasteiger charge is -2.10. The molecule has 4 aromatic rings. The first-order chi connectivity index (χ1) is 15.6. The van der Waals surface area contributed by atoms with E-state index < -0.39 is 0 Å². The van der Waals surface area contributed by atoms with Crippen molar-refractivity contribution in [2.24, 2.45) is 0 Å². The van der Waals surface area contributed by atoms with Crippen molar-refractivity contribution in [2.75, 3.05) is 0 Å². The van der Waals surface area contributed by atoms with E-state index in [4.69, 9.17) is 0 Å². The van der Waals surface area contributed by atoms with Crippen LogP contribution in [0.15, 0.2) is 53.3 Å². The normalized spacial score (nSPS) is 11.2. The summed E-state index contributed by atoms with van der Waals surface area (Å²) in [6.07, 6.45) is 3.40. The molecule has 0 aliphatic rings. The van der Waals surface area contributed by atoms with Crippen LogP contribution in [0.3, 0.4) is 0 Å². The SMILES string of the molecule is CCCCc1c(O)n(CCC)c(=O)n1Cc1ccc(-c2ccccc2-c2nn[nH]n2)cc1. The first-order valence-electron chi connectivity index (χ1n) is 11.1. The van der Waals surface area contributed by atoms with E-state index in [0.717, 1.165) is 47.2 Å². The Morgan fingerprint density at radius 3 is 2.38 bits per heavy atom. The zero-order valence-corrected chi connectivity index (χ0v) is 18.5. The Morgan fingerprint density at radius 2 is 1.72 bits per heavy atom. The van der Waals surface area contributed by atoms with Gasteiger partial charge in [-0.15, -0.1) is 10.2 Å². The summed E-state index contributed by atoms with van der Waals surface area (Å²) in [5, 5.41) is 25.0. The van der Waals surface area contributed by atoms with E-state index >= 15 is 0 Å². The van der Waals surface area contributed by atoms with Crippen molar-refractivity contribution < 1.29 is 5.11 Å². The van der Waals surface area contributed by atoms with Crippen molar-refractivity contribution >= 4 is 0 Å². The van der Waals surface area contributed by atoms with Gasteiger partial charge in [-0.2, -0.15) is 5.21 Å². The van der Waals surface area contributed by atoms with Gasteiger partial charge >= 0.3 is 5.69 Å². The molecule has 166 valence electrons. The molecule has 0 unspecified atom stereocenters. The minimum Gasteiger partial charge on any atom is -0.493 e. The molecule has 2 aromatic heterocycles. The van der Waals surface area contributed by atoms with Gasteiger partial charge in [-0.3, -0.25) is 9.13 Å². The molecule has 0 aliphatic carbocycles. The first kappa shape index (κ1) is 21.5. The number of unbranched alkanes of at least 4 members (excludes halogenated alkanes) is 1. The van der Waals surface area contributed by atoms with E-state index in [2.05, 4.69) is 27.5 Å². The van der Waals surface area contributed by atoms with E-state index in [1.165, 1.54) is 4.57 Å². The van der Waals surface area contributed by atoms with Gasteiger partial charge in [0.25, 0.3) is 0 Å². The van der Waals surface area contributed by atoms with E-state index in [1.807, 2.05) is 55.5 Å². The van der Waals surface area contributed by atoms with Crippen LogP contribution in [0.2, 0.25) is 0 Å². The van der Waals surface area contributed by atoms with Crippen molar-refractivity contribution in [1.82, 2.24) is 29.8 Å². The van der Waals surface area contributed by atoms with Crippen LogP contribution in [0, 0.1) is 0 Å². The second-order valence-electron chi connectivity index (χ2n) is 7.87. The molecule has 2 heterocycles. The summed E-state index contributed by atoms with van der Waals surface area (Å²) in [7, 11) is 0. The largest absolute Gasteiger partial charge is 0.493 e. The van der Waals surface area contributed by atoms with Gasteiger partial charge in [0.15, 0.2) is 0 Å². The molecule has 2 aromatic carbocycles. The van der Waals surface area contributed by atoms with E-state index in [9.17, 15) is 9.90 Å². The fraction of sp³-hybridized carbons (Fsp3) is 0.333. The molecule has 0 amide bonds. The van der Waals surface area contributed by atoms with Crippen LogP contribution in [-0.4, -0.2) is 34.9 Å². The third-order valence-electron chi connectivity index (χ3n) is 5.63. The van der Waals surface area contributed by atoms with Gasteiger partial charge < -0.3 is 5.11 Å². The zero-order valence-electron chi connectivity index (χ0n) is 18.5. The number of nitrogens with zero attached hydrogens (tertiary/aromatic N) is 5. The molecule has 8 heteroatoms. The Morgan fingerprint density at radius 1 is 0.969 bits per heavy atom. The minimum absolute atomic E-state index is 0.107. The van der Waals surface area contributed by atoms with Gasteiger partial charge in [-0.05, 0) is 41.2 Å². The van der Waals surface area contributed by atoms with Crippen molar-refractivity contribution in [3.8, 4) is 28.4 Å². The molecule has 0 spiro atoms. The number of benzene rings is 2. The highest BCUT2D eigenvalue weighted by atomic mass is 16.3. The maximum absolute atomic E-state index is 13.0. The molecule has 0 radical (unpaired) electrons. The van der Waals surface area contributed by atoms with Gasteiger partial charge in [0.1, 0.15) is 0 Å². The summed E-state index contributed by atoms with van der Waals surface area (Å²) in [6.45, 7) is 5.05. The Bertz CT molecular complexity index is 1220. The number of hydrogen-bond donors (Lipinski definition) is 2. The number of aromatic nitrogens is 6. The summed E-state index contributed by atoms with van der Waals surface area (Å²) in [5.74, 6) is 0.653. The lowest BCUT2D eigenvalue weighted by molar-refractivity contribution is 0.405. The molecule has 0 saturated heterocycles. The van der Waals surface area contributed by atoms with Crippen molar-refractivity contribution in [3.63, 3.8) is 0 Å². The highest BCUT2D eigenvalue weighted by Crippen LogP contribution is 2.30. The molecule has 0 atom stereocenters. The molecule has 4 rings (SSSR count). The smallest absolute Gasteiger partial charge is 0.331 e. The molecule has 0 fully saturated rings. The standard InChI is InChI=1S/C24H28N6O2/c1-3-5-10-21-23(31)29(15-4-2)24(32)30(21)16-17-11-13-18(14-12-17)19-8-6-7-9-20(19)22-25-27-28-26-22/h6-9,11-14,31H,3-5,10,15-16H2,1-2H3,(H,25,26,27,28). The third kappa shape index (κ3) is 4.21. The summed E-state index contributed by atoms with van der Waals surface area (Å²) in [5.41, 5.74) is 4.50. The molecule has 0 saturated carbocycles. The lowest BCUT2D eigenvalue weighted by atomic mass is 9.98. The van der Waals surface area contributed by atoms with E-state index in [-0.39, 0.29) is 11.6 Å². The fourth-order valence-electron chi connectivity index (χ4n) is 3.99. The lowest BCUT2D eigenvalue weighted by Crippen LogP contribution is -2.25. The van der Waals surface area contributed by atoms with E-state index in [1.54, 1.807) is 4.57 Å². The van der Waals surface area contributed by atoms with Crippen molar-refractivity contribution in [3.05, 3.63) is 70.3 Å². The van der Waals surface area contributed by atoms with Gasteiger partial charge in [0.2, 0.25) is 11.7 Å². The van der Waals surface area contributed by atoms with Crippen LogP contribution in [-0.2, 0) is 19.5 Å². The van der Waals surface area contributed by atoms with E-state index in [0.29, 0.717) is 25.3 Å². The maximum Gasteiger partial charge on any atom is 0.331 e. The van der Waals surface area contributed by atoms with Crippen molar-refractivity contribution in [1.29, 1.82) is 0 Å². The van der Waals surface area contributed by atoms with Crippen LogP contribution in [0.4, 0.5) is 0 Å². The Hall–Kier alpha value is -3.68. The molecule has 0 bridgehead atoms. The average molecular weight is 433 g/mol. The van der Waals surface area contributed by atoms with Crippen LogP contribution in [0.1, 0.15) is 44.4 Å². The molecule has 2 N–H and O–H groups in total.